The number of rotatable bonds is 7. The number of quaternary nitrogens is 1. The summed E-state index contributed by atoms with van der Waals surface area (Å²) in [5, 5.41) is 0. The van der Waals surface area contributed by atoms with Gasteiger partial charge in [0.25, 0.3) is 0 Å². The number of hydrogen-bond donors (Lipinski definition) is 1. The Bertz CT molecular complexity index is 942. The second-order valence-electron chi connectivity index (χ2n) is 7.40. The summed E-state index contributed by atoms with van der Waals surface area (Å²) in [6, 6.07) is 8.93. The highest BCUT2D eigenvalue weighted by Gasteiger charge is 2.31. The SMILES string of the molecule is CCCc1ccc(S(=O)(=O)N2CC[NH+](Cc3cc(C(=O)OC)c(C)o3)CC2)cc1. The molecule has 1 N–H and O–H groups in total. The summed E-state index contributed by atoms with van der Waals surface area (Å²) in [7, 11) is -2.13. The zero-order valence-corrected chi connectivity index (χ0v) is 18.0. The molecule has 3 rings (SSSR count). The highest BCUT2D eigenvalue weighted by atomic mass is 32.2. The highest BCUT2D eigenvalue weighted by Crippen LogP contribution is 2.18. The summed E-state index contributed by atoms with van der Waals surface area (Å²) in [5.41, 5.74) is 1.59. The number of nitrogens with zero attached hydrogens (tertiary/aromatic N) is 1. The number of esters is 1. The van der Waals surface area contributed by atoms with Gasteiger partial charge in [-0.3, -0.25) is 0 Å². The van der Waals surface area contributed by atoms with Crippen LogP contribution in [0.5, 0.6) is 0 Å². The van der Waals surface area contributed by atoms with Crippen molar-refractivity contribution in [3.05, 3.63) is 53.0 Å². The molecule has 0 atom stereocenters. The molecule has 0 aliphatic carbocycles. The van der Waals surface area contributed by atoms with E-state index in [1.165, 1.54) is 12.0 Å². The summed E-state index contributed by atoms with van der Waals surface area (Å²) in [6.45, 7) is 6.72. The van der Waals surface area contributed by atoms with Gasteiger partial charge < -0.3 is 14.1 Å². The van der Waals surface area contributed by atoms with E-state index in [2.05, 4.69) is 6.92 Å². The van der Waals surface area contributed by atoms with E-state index in [1.54, 1.807) is 29.4 Å². The fourth-order valence-corrected chi connectivity index (χ4v) is 5.12. The number of aryl methyl sites for hydroxylation is 2. The minimum Gasteiger partial charge on any atom is -0.465 e. The third-order valence-corrected chi connectivity index (χ3v) is 7.24. The lowest BCUT2D eigenvalue weighted by atomic mass is 10.1. The van der Waals surface area contributed by atoms with Gasteiger partial charge in [-0.25, -0.2) is 13.2 Å². The maximum atomic E-state index is 12.9. The molecule has 8 heteroatoms. The smallest absolute Gasteiger partial charge is 0.341 e. The van der Waals surface area contributed by atoms with E-state index in [0.717, 1.165) is 18.4 Å². The molecule has 7 nitrogen and oxygen atoms in total. The maximum Gasteiger partial charge on any atom is 0.341 e. The number of methoxy groups -OCH3 is 1. The van der Waals surface area contributed by atoms with Crippen molar-refractivity contribution in [3.63, 3.8) is 0 Å². The van der Waals surface area contributed by atoms with Crippen LogP contribution in [-0.4, -0.2) is 52.0 Å². The number of carbonyl (C=O) groups excluding carboxylic acids is 1. The van der Waals surface area contributed by atoms with Crippen LogP contribution >= 0.6 is 0 Å². The van der Waals surface area contributed by atoms with Crippen LogP contribution in [0.15, 0.2) is 39.6 Å². The van der Waals surface area contributed by atoms with Gasteiger partial charge >= 0.3 is 5.97 Å². The number of benzene rings is 1. The van der Waals surface area contributed by atoms with Gasteiger partial charge in [0.2, 0.25) is 10.0 Å². The Hall–Kier alpha value is -2.16. The number of nitrogens with one attached hydrogen (secondary N) is 1. The Balaban J connectivity index is 1.60. The van der Waals surface area contributed by atoms with Crippen LogP contribution in [0.2, 0.25) is 0 Å². The molecule has 0 unspecified atom stereocenters. The zero-order valence-electron chi connectivity index (χ0n) is 17.2. The molecular weight excluding hydrogens is 392 g/mol. The Morgan fingerprint density at radius 2 is 1.86 bits per heavy atom. The molecule has 1 aliphatic heterocycles. The molecule has 2 heterocycles. The molecule has 1 aromatic heterocycles. The fourth-order valence-electron chi connectivity index (χ4n) is 3.68. The summed E-state index contributed by atoms with van der Waals surface area (Å²) in [6.07, 6.45) is 1.99. The zero-order chi connectivity index (χ0) is 21.0. The molecule has 2 aromatic rings. The lowest BCUT2D eigenvalue weighted by Gasteiger charge is -2.31. The average molecular weight is 422 g/mol. The quantitative estimate of drug-likeness (QED) is 0.684. The van der Waals surface area contributed by atoms with Crippen molar-refractivity contribution in [3.8, 4) is 0 Å². The minimum atomic E-state index is -3.47. The predicted octanol–water partition coefficient (Wildman–Crippen LogP) is 1.42. The van der Waals surface area contributed by atoms with Crippen molar-refractivity contribution in [2.24, 2.45) is 0 Å². The lowest BCUT2D eigenvalue weighted by Crippen LogP contribution is -3.13. The summed E-state index contributed by atoms with van der Waals surface area (Å²) < 4.78 is 37.8. The summed E-state index contributed by atoms with van der Waals surface area (Å²) in [4.78, 5) is 13.3. The first-order chi connectivity index (χ1) is 13.8. The lowest BCUT2D eigenvalue weighted by molar-refractivity contribution is -0.918. The monoisotopic (exact) mass is 421 g/mol. The molecule has 0 radical (unpaired) electrons. The first-order valence-electron chi connectivity index (χ1n) is 9.95. The van der Waals surface area contributed by atoms with Crippen LogP contribution in [0.1, 0.15) is 40.8 Å². The maximum absolute atomic E-state index is 12.9. The van der Waals surface area contributed by atoms with Crippen molar-refractivity contribution in [2.45, 2.75) is 38.1 Å². The van der Waals surface area contributed by atoms with Gasteiger partial charge in [-0.15, -0.1) is 0 Å². The third kappa shape index (κ3) is 4.88. The van der Waals surface area contributed by atoms with E-state index in [1.807, 2.05) is 12.1 Å². The summed E-state index contributed by atoms with van der Waals surface area (Å²) in [5.74, 6) is 0.841. The van der Waals surface area contributed by atoms with Crippen LogP contribution in [0.4, 0.5) is 0 Å². The largest absolute Gasteiger partial charge is 0.465 e. The summed E-state index contributed by atoms with van der Waals surface area (Å²) >= 11 is 0. The normalized spacial score (nSPS) is 16.1. The van der Waals surface area contributed by atoms with E-state index in [0.29, 0.717) is 54.7 Å². The number of hydrogen-bond acceptors (Lipinski definition) is 5. The Morgan fingerprint density at radius 3 is 2.45 bits per heavy atom. The van der Waals surface area contributed by atoms with Crippen molar-refractivity contribution < 1.29 is 27.3 Å². The molecule has 0 amide bonds. The van der Waals surface area contributed by atoms with Crippen molar-refractivity contribution in [2.75, 3.05) is 33.3 Å². The van der Waals surface area contributed by atoms with Crippen LogP contribution in [0.25, 0.3) is 0 Å². The van der Waals surface area contributed by atoms with Crippen molar-refractivity contribution in [1.82, 2.24) is 4.31 Å². The predicted molar refractivity (Wildman–Crippen MR) is 108 cm³/mol. The van der Waals surface area contributed by atoms with Gasteiger partial charge in [0.05, 0.1) is 38.2 Å². The Labute approximate surface area is 172 Å². The van der Waals surface area contributed by atoms with Gasteiger partial charge in [0, 0.05) is 6.07 Å². The minimum absolute atomic E-state index is 0.352. The number of piperazine rings is 1. The van der Waals surface area contributed by atoms with Crippen LogP contribution in [0.3, 0.4) is 0 Å². The van der Waals surface area contributed by atoms with Crippen LogP contribution < -0.4 is 4.90 Å². The fraction of sp³-hybridized carbons (Fsp3) is 0.476. The second-order valence-corrected chi connectivity index (χ2v) is 9.34. The highest BCUT2D eigenvalue weighted by molar-refractivity contribution is 7.89. The topological polar surface area (TPSA) is 81.3 Å². The molecular formula is C21H29N2O5S+. The van der Waals surface area contributed by atoms with E-state index in [-0.39, 0.29) is 0 Å². The van der Waals surface area contributed by atoms with Gasteiger partial charge in [-0.2, -0.15) is 4.31 Å². The van der Waals surface area contributed by atoms with Crippen molar-refractivity contribution in [1.29, 1.82) is 0 Å². The molecule has 1 aromatic carbocycles. The standard InChI is InChI=1S/C21H28N2O5S/c1-4-5-17-6-8-19(9-7-17)29(25,26)23-12-10-22(11-13-23)15-18-14-20(16(2)28-18)21(24)27-3/h6-9,14H,4-5,10-13,15H2,1-3H3/p+1. The van der Waals surface area contributed by atoms with E-state index in [9.17, 15) is 13.2 Å². The van der Waals surface area contributed by atoms with E-state index >= 15 is 0 Å². The molecule has 0 bridgehead atoms. The number of ether oxygens (including phenoxy) is 1. The molecule has 0 spiro atoms. The van der Waals surface area contributed by atoms with Gasteiger partial charge in [-0.05, 0) is 31.0 Å². The first kappa shape index (κ1) is 21.5. The van der Waals surface area contributed by atoms with Crippen molar-refractivity contribution >= 4 is 16.0 Å². The van der Waals surface area contributed by atoms with Gasteiger partial charge in [0.15, 0.2) is 5.76 Å². The third-order valence-electron chi connectivity index (χ3n) is 5.33. The van der Waals surface area contributed by atoms with E-state index < -0.39 is 16.0 Å². The number of carbonyl (C=O) groups is 1. The molecule has 1 fully saturated rings. The molecule has 29 heavy (non-hydrogen) atoms. The Kier molecular flexibility index (Phi) is 6.77. The first-order valence-corrected chi connectivity index (χ1v) is 11.4. The second kappa shape index (κ2) is 9.11. The molecule has 1 aliphatic rings. The molecule has 0 saturated carbocycles. The number of furan rings is 1. The number of sulfonamides is 1. The van der Waals surface area contributed by atoms with Crippen LogP contribution in [-0.2, 0) is 27.7 Å². The molecule has 158 valence electrons. The average Bonchev–Trinajstić information content (AvgIpc) is 3.08. The van der Waals surface area contributed by atoms with Gasteiger partial charge in [0.1, 0.15) is 17.9 Å². The van der Waals surface area contributed by atoms with Crippen LogP contribution in [0, 0.1) is 6.92 Å². The van der Waals surface area contributed by atoms with E-state index in [4.69, 9.17) is 9.15 Å². The Morgan fingerprint density at radius 1 is 1.21 bits per heavy atom. The molecule has 1 saturated heterocycles. The van der Waals surface area contributed by atoms with Gasteiger partial charge in [-0.1, -0.05) is 25.5 Å².